The molecule has 0 aromatic carbocycles. The summed E-state index contributed by atoms with van der Waals surface area (Å²) in [6, 6.07) is 0. The van der Waals surface area contributed by atoms with Gasteiger partial charge < -0.3 is 20.3 Å². The Kier molecular flexibility index (Phi) is 3.10. The average molecular weight is 282 g/mol. The van der Waals surface area contributed by atoms with E-state index in [1.165, 1.54) is 11.3 Å². The number of thiazole rings is 1. The summed E-state index contributed by atoms with van der Waals surface area (Å²) >= 11 is 1.35. The van der Waals surface area contributed by atoms with Crippen molar-refractivity contribution in [2.24, 2.45) is 0 Å². The van der Waals surface area contributed by atoms with Gasteiger partial charge in [0.05, 0.1) is 12.2 Å². The van der Waals surface area contributed by atoms with Crippen LogP contribution in [0.1, 0.15) is 22.5 Å². The zero-order valence-electron chi connectivity index (χ0n) is 11.1. The summed E-state index contributed by atoms with van der Waals surface area (Å²) in [5.41, 5.74) is 5.87. The molecule has 1 aromatic heterocycles. The van der Waals surface area contributed by atoms with Gasteiger partial charge in [-0.1, -0.05) is 11.3 Å². The lowest BCUT2D eigenvalue weighted by Crippen LogP contribution is -2.45. The monoisotopic (exact) mass is 282 g/mol. The number of ether oxygens (including phenoxy) is 1. The number of likely N-dealkylation sites (tertiary alicyclic amines) is 1. The predicted molar refractivity (Wildman–Crippen MR) is 74.7 cm³/mol. The summed E-state index contributed by atoms with van der Waals surface area (Å²) in [6.45, 7) is 1.34. The molecular weight excluding hydrogens is 264 g/mol. The number of carbonyl (C=O) groups is 1. The number of amides is 1. The van der Waals surface area contributed by atoms with E-state index in [2.05, 4.69) is 4.98 Å². The number of fused-ring (bicyclic) bond motifs is 2. The highest BCUT2D eigenvalue weighted by Crippen LogP contribution is 2.31. The van der Waals surface area contributed by atoms with Gasteiger partial charge in [0, 0.05) is 27.2 Å². The fourth-order valence-electron chi connectivity index (χ4n) is 2.59. The lowest BCUT2D eigenvalue weighted by molar-refractivity contribution is -0.0301. The minimum atomic E-state index is -0.0108. The van der Waals surface area contributed by atoms with Crippen LogP contribution in [0.3, 0.4) is 0 Å². The number of anilines is 2. The van der Waals surface area contributed by atoms with Crippen LogP contribution in [-0.2, 0) is 4.74 Å². The van der Waals surface area contributed by atoms with Crippen LogP contribution in [0, 0.1) is 0 Å². The van der Waals surface area contributed by atoms with Gasteiger partial charge in [-0.3, -0.25) is 4.79 Å². The van der Waals surface area contributed by atoms with Gasteiger partial charge in [-0.2, -0.15) is 0 Å². The van der Waals surface area contributed by atoms with Crippen LogP contribution in [0.25, 0.3) is 0 Å². The molecule has 2 atom stereocenters. The van der Waals surface area contributed by atoms with Crippen molar-refractivity contribution < 1.29 is 9.53 Å². The number of rotatable bonds is 2. The Balaban J connectivity index is 1.80. The second kappa shape index (κ2) is 4.64. The predicted octanol–water partition coefficient (Wildman–Crippen LogP) is 0.795. The third kappa shape index (κ3) is 2.28. The molecule has 7 heteroatoms. The molecule has 104 valence electrons. The molecule has 6 nitrogen and oxygen atoms in total. The normalized spacial score (nSPS) is 25.7. The number of aromatic nitrogens is 1. The molecule has 3 rings (SSSR count). The SMILES string of the molecule is CN(C)c1nc(N)c(C(=O)N2CC3CCC(C2)O3)s1. The lowest BCUT2D eigenvalue weighted by atomic mass is 10.2. The number of carbonyl (C=O) groups excluding carboxylic acids is 1. The maximum atomic E-state index is 12.5. The molecule has 2 aliphatic rings. The average Bonchev–Trinajstić information content (AvgIpc) is 2.92. The first-order valence-electron chi connectivity index (χ1n) is 6.43. The van der Waals surface area contributed by atoms with Crippen molar-refractivity contribution in [2.45, 2.75) is 25.0 Å². The van der Waals surface area contributed by atoms with E-state index in [9.17, 15) is 4.79 Å². The molecule has 0 spiro atoms. The van der Waals surface area contributed by atoms with Crippen molar-refractivity contribution in [1.82, 2.24) is 9.88 Å². The summed E-state index contributed by atoms with van der Waals surface area (Å²) in [4.78, 5) is 21.0. The van der Waals surface area contributed by atoms with E-state index in [1.807, 2.05) is 23.9 Å². The number of hydrogen-bond acceptors (Lipinski definition) is 6. The maximum absolute atomic E-state index is 12.5. The lowest BCUT2D eigenvalue weighted by Gasteiger charge is -2.31. The number of nitrogen functional groups attached to an aromatic ring is 1. The van der Waals surface area contributed by atoms with Crippen LogP contribution in [0.5, 0.6) is 0 Å². The molecule has 0 saturated carbocycles. The first kappa shape index (κ1) is 12.7. The van der Waals surface area contributed by atoms with E-state index in [4.69, 9.17) is 10.5 Å². The molecule has 19 heavy (non-hydrogen) atoms. The molecule has 0 aliphatic carbocycles. The molecule has 2 bridgehead atoms. The van der Waals surface area contributed by atoms with Crippen LogP contribution in [0.2, 0.25) is 0 Å². The van der Waals surface area contributed by atoms with E-state index in [-0.39, 0.29) is 18.1 Å². The number of nitrogens with zero attached hydrogens (tertiary/aromatic N) is 3. The third-order valence-corrected chi connectivity index (χ3v) is 4.78. The molecule has 2 unspecified atom stereocenters. The third-order valence-electron chi connectivity index (χ3n) is 3.55. The maximum Gasteiger partial charge on any atom is 0.268 e. The fraction of sp³-hybridized carbons (Fsp3) is 0.667. The van der Waals surface area contributed by atoms with Crippen LogP contribution in [0.4, 0.5) is 10.9 Å². The summed E-state index contributed by atoms with van der Waals surface area (Å²) in [5.74, 6) is 0.320. The van der Waals surface area contributed by atoms with Crippen molar-refractivity contribution in [2.75, 3.05) is 37.8 Å². The first-order valence-corrected chi connectivity index (χ1v) is 7.24. The van der Waals surface area contributed by atoms with Gasteiger partial charge in [0.2, 0.25) is 0 Å². The minimum Gasteiger partial charge on any atom is -0.382 e. The van der Waals surface area contributed by atoms with Crippen LogP contribution in [-0.4, -0.2) is 55.2 Å². The fourth-order valence-corrected chi connectivity index (χ4v) is 3.46. The van der Waals surface area contributed by atoms with Gasteiger partial charge in [0.1, 0.15) is 10.7 Å². The highest BCUT2D eigenvalue weighted by Gasteiger charge is 2.37. The van der Waals surface area contributed by atoms with Crippen molar-refractivity contribution in [1.29, 1.82) is 0 Å². The van der Waals surface area contributed by atoms with Gasteiger partial charge in [-0.25, -0.2) is 4.98 Å². The zero-order valence-corrected chi connectivity index (χ0v) is 11.9. The Morgan fingerprint density at radius 2 is 2.05 bits per heavy atom. The Hall–Kier alpha value is -1.34. The molecule has 2 saturated heterocycles. The topological polar surface area (TPSA) is 71.7 Å². The second-order valence-electron chi connectivity index (χ2n) is 5.27. The van der Waals surface area contributed by atoms with E-state index in [0.717, 1.165) is 18.0 Å². The first-order chi connectivity index (χ1) is 9.04. The summed E-state index contributed by atoms with van der Waals surface area (Å²) in [5, 5.41) is 0.761. The Bertz CT molecular complexity index is 490. The molecule has 2 N–H and O–H groups in total. The molecular formula is C12H18N4O2S. The smallest absolute Gasteiger partial charge is 0.268 e. The molecule has 2 fully saturated rings. The summed E-state index contributed by atoms with van der Waals surface area (Å²) in [6.07, 6.45) is 2.50. The van der Waals surface area contributed by atoms with Crippen molar-refractivity contribution in [3.8, 4) is 0 Å². The van der Waals surface area contributed by atoms with Crippen molar-refractivity contribution in [3.05, 3.63) is 4.88 Å². The van der Waals surface area contributed by atoms with Crippen LogP contribution >= 0.6 is 11.3 Å². The Morgan fingerprint density at radius 3 is 2.58 bits per heavy atom. The van der Waals surface area contributed by atoms with E-state index < -0.39 is 0 Å². The van der Waals surface area contributed by atoms with Gasteiger partial charge in [0.15, 0.2) is 5.13 Å². The van der Waals surface area contributed by atoms with Gasteiger partial charge >= 0.3 is 0 Å². The summed E-state index contributed by atoms with van der Waals surface area (Å²) < 4.78 is 5.74. The number of morpholine rings is 1. The van der Waals surface area contributed by atoms with Gasteiger partial charge in [0.25, 0.3) is 5.91 Å². The van der Waals surface area contributed by atoms with E-state index in [1.54, 1.807) is 0 Å². The van der Waals surface area contributed by atoms with E-state index >= 15 is 0 Å². The molecule has 3 heterocycles. The molecule has 1 aromatic rings. The van der Waals surface area contributed by atoms with Crippen LogP contribution < -0.4 is 10.6 Å². The summed E-state index contributed by atoms with van der Waals surface area (Å²) in [7, 11) is 3.78. The van der Waals surface area contributed by atoms with E-state index in [0.29, 0.717) is 23.8 Å². The van der Waals surface area contributed by atoms with Gasteiger partial charge in [-0.15, -0.1) is 0 Å². The zero-order chi connectivity index (χ0) is 13.6. The van der Waals surface area contributed by atoms with Gasteiger partial charge in [-0.05, 0) is 12.8 Å². The minimum absolute atomic E-state index is 0.0108. The highest BCUT2D eigenvalue weighted by atomic mass is 32.1. The molecule has 0 radical (unpaired) electrons. The Morgan fingerprint density at radius 1 is 1.42 bits per heavy atom. The quantitative estimate of drug-likeness (QED) is 0.868. The standard InChI is InChI=1S/C12H18N4O2S/c1-15(2)12-14-10(13)9(19-12)11(17)16-5-7-3-4-8(6-16)18-7/h7-8H,3-6,13H2,1-2H3. The largest absolute Gasteiger partial charge is 0.382 e. The second-order valence-corrected chi connectivity index (χ2v) is 6.25. The number of nitrogens with two attached hydrogens (primary N) is 1. The molecule has 1 amide bonds. The van der Waals surface area contributed by atoms with Crippen LogP contribution in [0.15, 0.2) is 0 Å². The highest BCUT2D eigenvalue weighted by molar-refractivity contribution is 7.18. The van der Waals surface area contributed by atoms with Crippen molar-refractivity contribution in [3.63, 3.8) is 0 Å². The molecule has 2 aliphatic heterocycles. The van der Waals surface area contributed by atoms with Crippen molar-refractivity contribution >= 4 is 28.2 Å². The Labute approximate surface area is 116 Å². The number of hydrogen-bond donors (Lipinski definition) is 1.